The van der Waals surface area contributed by atoms with Crippen LogP contribution in [0.15, 0.2) is 0 Å². The molecule has 1 heterocycles. The predicted octanol–water partition coefficient (Wildman–Crippen LogP) is 3.32. The summed E-state index contributed by atoms with van der Waals surface area (Å²) in [7, 11) is 1.50. The molecule has 4 N–H and O–H groups in total. The highest BCUT2D eigenvalue weighted by Gasteiger charge is 2.35. The highest BCUT2D eigenvalue weighted by molar-refractivity contribution is 7.18. The molecular formula is C13H18F3N3OS. The quantitative estimate of drug-likeness (QED) is 0.779. The molecule has 0 aliphatic heterocycles. The number of carbonyl (C=O) groups is 1. The van der Waals surface area contributed by atoms with Crippen LogP contribution in [0, 0.1) is 0 Å². The van der Waals surface area contributed by atoms with Crippen molar-refractivity contribution in [3.05, 3.63) is 10.4 Å². The second kappa shape index (κ2) is 5.75. The van der Waals surface area contributed by atoms with Crippen LogP contribution in [-0.2, 0) is 0 Å². The number of alkyl halides is 3. The van der Waals surface area contributed by atoms with E-state index in [2.05, 4.69) is 10.6 Å². The fraction of sp³-hybridized carbons (Fsp3) is 0.615. The van der Waals surface area contributed by atoms with Crippen LogP contribution < -0.4 is 16.4 Å². The molecule has 1 atom stereocenters. The summed E-state index contributed by atoms with van der Waals surface area (Å²) in [5.74, 6) is -0.0591. The Labute approximate surface area is 124 Å². The average molecular weight is 321 g/mol. The van der Waals surface area contributed by atoms with Gasteiger partial charge in [0, 0.05) is 18.7 Å². The third-order valence-electron chi connectivity index (χ3n) is 3.32. The zero-order chi connectivity index (χ0) is 15.8. The smallest absolute Gasteiger partial charge is 0.391 e. The fourth-order valence-corrected chi connectivity index (χ4v) is 3.51. The Balaban J connectivity index is 2.24. The SMILES string of the molecule is CNC(=O)c1sc(NC(C)CC(F)(F)F)c(C2CC2)c1N. The van der Waals surface area contributed by atoms with E-state index in [0.717, 1.165) is 29.7 Å². The summed E-state index contributed by atoms with van der Waals surface area (Å²) in [6.07, 6.45) is -3.24. The molecule has 0 bridgehead atoms. The maximum absolute atomic E-state index is 12.4. The minimum atomic E-state index is -4.22. The first kappa shape index (κ1) is 15.9. The van der Waals surface area contributed by atoms with Crippen molar-refractivity contribution in [2.75, 3.05) is 18.1 Å². The van der Waals surface area contributed by atoms with Gasteiger partial charge in [-0.1, -0.05) is 0 Å². The molecule has 118 valence electrons. The third-order valence-corrected chi connectivity index (χ3v) is 4.47. The van der Waals surface area contributed by atoms with Gasteiger partial charge in [0.05, 0.1) is 17.1 Å². The summed E-state index contributed by atoms with van der Waals surface area (Å²) in [5.41, 5.74) is 7.20. The number of hydrogen-bond acceptors (Lipinski definition) is 4. The normalized spacial score (nSPS) is 16.6. The lowest BCUT2D eigenvalue weighted by molar-refractivity contribution is -0.136. The standard InChI is InChI=1S/C13H18F3N3OS/c1-6(5-13(14,15)16)19-12-8(7-3-4-7)9(17)10(21-12)11(20)18-2/h6-7,19H,3-5,17H2,1-2H3,(H,18,20). The Bertz CT molecular complexity index is 537. The van der Waals surface area contributed by atoms with Crippen molar-refractivity contribution >= 4 is 27.9 Å². The van der Waals surface area contributed by atoms with E-state index in [4.69, 9.17) is 5.73 Å². The van der Waals surface area contributed by atoms with Crippen LogP contribution >= 0.6 is 11.3 Å². The lowest BCUT2D eigenvalue weighted by atomic mass is 10.1. The lowest BCUT2D eigenvalue weighted by Crippen LogP contribution is -2.23. The zero-order valence-electron chi connectivity index (χ0n) is 11.8. The van der Waals surface area contributed by atoms with Crippen LogP contribution in [-0.4, -0.2) is 25.2 Å². The number of hydrogen-bond donors (Lipinski definition) is 3. The van der Waals surface area contributed by atoms with Gasteiger partial charge in [-0.2, -0.15) is 13.2 Å². The van der Waals surface area contributed by atoms with Crippen molar-refractivity contribution in [3.8, 4) is 0 Å². The molecule has 2 rings (SSSR count). The van der Waals surface area contributed by atoms with Crippen molar-refractivity contribution in [2.24, 2.45) is 0 Å². The van der Waals surface area contributed by atoms with E-state index in [-0.39, 0.29) is 11.8 Å². The van der Waals surface area contributed by atoms with Crippen molar-refractivity contribution in [3.63, 3.8) is 0 Å². The first-order valence-electron chi connectivity index (χ1n) is 6.70. The number of nitrogen functional groups attached to an aromatic ring is 1. The number of thiophene rings is 1. The van der Waals surface area contributed by atoms with Crippen molar-refractivity contribution in [1.82, 2.24) is 5.32 Å². The van der Waals surface area contributed by atoms with Crippen molar-refractivity contribution in [1.29, 1.82) is 0 Å². The monoisotopic (exact) mass is 321 g/mol. The Morgan fingerprint density at radius 1 is 1.48 bits per heavy atom. The van der Waals surface area contributed by atoms with Gasteiger partial charge in [-0.15, -0.1) is 11.3 Å². The summed E-state index contributed by atoms with van der Waals surface area (Å²) in [6, 6.07) is -0.766. The summed E-state index contributed by atoms with van der Waals surface area (Å²) >= 11 is 1.13. The lowest BCUT2D eigenvalue weighted by Gasteiger charge is -2.17. The van der Waals surface area contributed by atoms with Gasteiger partial charge in [0.2, 0.25) is 0 Å². The molecule has 1 aromatic rings. The van der Waals surface area contributed by atoms with Crippen LogP contribution in [0.5, 0.6) is 0 Å². The molecule has 0 radical (unpaired) electrons. The van der Waals surface area contributed by atoms with Gasteiger partial charge in [-0.25, -0.2) is 0 Å². The number of rotatable bonds is 5. The van der Waals surface area contributed by atoms with E-state index in [1.54, 1.807) is 0 Å². The number of anilines is 2. The third kappa shape index (κ3) is 3.81. The average Bonchev–Trinajstić information content (AvgIpc) is 3.12. The molecular weight excluding hydrogens is 303 g/mol. The molecule has 1 amide bonds. The van der Waals surface area contributed by atoms with E-state index in [0.29, 0.717) is 15.6 Å². The van der Waals surface area contributed by atoms with Crippen molar-refractivity contribution in [2.45, 2.75) is 44.3 Å². The van der Waals surface area contributed by atoms with Crippen LogP contribution in [0.4, 0.5) is 23.9 Å². The molecule has 0 aromatic carbocycles. The van der Waals surface area contributed by atoms with Crippen LogP contribution in [0.2, 0.25) is 0 Å². The van der Waals surface area contributed by atoms with Gasteiger partial charge in [-0.05, 0) is 25.7 Å². The van der Waals surface area contributed by atoms with E-state index < -0.39 is 18.6 Å². The van der Waals surface area contributed by atoms with Gasteiger partial charge in [0.1, 0.15) is 4.88 Å². The molecule has 1 aliphatic rings. The van der Waals surface area contributed by atoms with Gasteiger partial charge in [-0.3, -0.25) is 4.79 Å². The topological polar surface area (TPSA) is 67.2 Å². The Kier molecular flexibility index (Phi) is 4.36. The minimum Gasteiger partial charge on any atom is -0.397 e. The number of amides is 1. The molecule has 1 fully saturated rings. The minimum absolute atomic E-state index is 0.250. The fourth-order valence-electron chi connectivity index (χ4n) is 2.25. The number of carbonyl (C=O) groups excluding carboxylic acids is 1. The van der Waals surface area contributed by atoms with E-state index in [1.807, 2.05) is 0 Å². The maximum Gasteiger partial charge on any atom is 0.391 e. The summed E-state index contributed by atoms with van der Waals surface area (Å²) < 4.78 is 37.3. The first-order valence-corrected chi connectivity index (χ1v) is 7.52. The number of nitrogens with two attached hydrogens (primary N) is 1. The zero-order valence-corrected chi connectivity index (χ0v) is 12.6. The summed E-state index contributed by atoms with van der Waals surface area (Å²) in [5, 5.41) is 5.95. The molecule has 4 nitrogen and oxygen atoms in total. The predicted molar refractivity (Wildman–Crippen MR) is 77.9 cm³/mol. The second-order valence-electron chi connectivity index (χ2n) is 5.31. The number of nitrogens with one attached hydrogen (secondary N) is 2. The van der Waals surface area contributed by atoms with Gasteiger partial charge < -0.3 is 16.4 Å². The maximum atomic E-state index is 12.4. The summed E-state index contributed by atoms with van der Waals surface area (Å²) in [4.78, 5) is 12.1. The molecule has 1 aromatic heterocycles. The molecule has 1 aliphatic carbocycles. The van der Waals surface area contributed by atoms with E-state index in [1.165, 1.54) is 14.0 Å². The van der Waals surface area contributed by atoms with Crippen LogP contribution in [0.1, 0.15) is 47.3 Å². The van der Waals surface area contributed by atoms with Gasteiger partial charge in [0.15, 0.2) is 0 Å². The first-order chi connectivity index (χ1) is 9.73. The molecule has 21 heavy (non-hydrogen) atoms. The molecule has 0 spiro atoms. The second-order valence-corrected chi connectivity index (χ2v) is 6.33. The number of halogens is 3. The van der Waals surface area contributed by atoms with Crippen LogP contribution in [0.25, 0.3) is 0 Å². The molecule has 1 saturated carbocycles. The van der Waals surface area contributed by atoms with Crippen LogP contribution in [0.3, 0.4) is 0 Å². The largest absolute Gasteiger partial charge is 0.397 e. The molecule has 0 saturated heterocycles. The Morgan fingerprint density at radius 3 is 2.57 bits per heavy atom. The van der Waals surface area contributed by atoms with E-state index >= 15 is 0 Å². The highest BCUT2D eigenvalue weighted by atomic mass is 32.1. The Hall–Kier alpha value is -1.44. The highest BCUT2D eigenvalue weighted by Crippen LogP contribution is 2.51. The van der Waals surface area contributed by atoms with E-state index in [9.17, 15) is 18.0 Å². The Morgan fingerprint density at radius 2 is 2.10 bits per heavy atom. The summed E-state index contributed by atoms with van der Waals surface area (Å²) in [6.45, 7) is 1.47. The molecule has 1 unspecified atom stereocenters. The molecule has 8 heteroatoms. The van der Waals surface area contributed by atoms with Gasteiger partial charge >= 0.3 is 6.18 Å². The van der Waals surface area contributed by atoms with Gasteiger partial charge in [0.25, 0.3) is 5.91 Å². The van der Waals surface area contributed by atoms with Crippen molar-refractivity contribution < 1.29 is 18.0 Å².